The number of fused-ring (bicyclic) bond motifs is 6. The van der Waals surface area contributed by atoms with E-state index in [-0.39, 0.29) is 0 Å². The Bertz CT molecular complexity index is 3500. The first-order chi connectivity index (χ1) is 33.1. The zero-order valence-corrected chi connectivity index (χ0v) is 37.2. The molecule has 2 aromatic heterocycles. The van der Waals surface area contributed by atoms with Crippen molar-refractivity contribution in [1.82, 2.24) is 9.13 Å². The van der Waals surface area contributed by atoms with Crippen LogP contribution in [-0.2, 0) is 0 Å². The number of halogens is 2. The molecule has 0 aliphatic carbocycles. The molecule has 0 atom stereocenters. The number of alkyl halides is 1. The highest BCUT2D eigenvalue weighted by Gasteiger charge is 2.20. The lowest BCUT2D eigenvalue weighted by Crippen LogP contribution is -2.15. The van der Waals surface area contributed by atoms with Gasteiger partial charge in [-0.25, -0.2) is 8.78 Å². The van der Waals surface area contributed by atoms with Crippen molar-refractivity contribution in [3.05, 3.63) is 255 Å². The highest BCUT2D eigenvalue weighted by Crippen LogP contribution is 2.41. The predicted molar refractivity (Wildman–Crippen MR) is 280 cm³/mol. The molecule has 0 aliphatic heterocycles. The molecule has 0 aliphatic rings. The van der Waals surface area contributed by atoms with Gasteiger partial charge in [-0.3, -0.25) is 0 Å². The summed E-state index contributed by atoms with van der Waals surface area (Å²) < 4.78 is 31.9. The van der Waals surface area contributed by atoms with Gasteiger partial charge in [0.2, 0.25) is 0 Å². The molecule has 0 unspecified atom stereocenters. The van der Waals surface area contributed by atoms with Crippen molar-refractivity contribution in [2.24, 2.45) is 0 Å². The van der Waals surface area contributed by atoms with Gasteiger partial charge in [0, 0.05) is 67.1 Å². The Hall–Kier alpha value is -8.48. The van der Waals surface area contributed by atoms with E-state index in [0.717, 1.165) is 107 Å². The van der Waals surface area contributed by atoms with Crippen LogP contribution in [0.25, 0.3) is 66.1 Å². The van der Waals surface area contributed by atoms with E-state index < -0.39 is 6.67 Å². The van der Waals surface area contributed by atoms with Crippen LogP contribution < -0.4 is 9.80 Å². The molecule has 0 fully saturated rings. The molecule has 326 valence electrons. The van der Waals surface area contributed by atoms with Crippen molar-refractivity contribution in [3.8, 4) is 22.5 Å². The number of hydrogen-bond acceptors (Lipinski definition) is 2. The smallest absolute Gasteiger partial charge is 0.108 e. The summed E-state index contributed by atoms with van der Waals surface area (Å²) >= 11 is 0. The fraction of sp³-hybridized carbons (Fsp3) is 0.0492. The number of nitrogens with zero attached hydrogens (tertiary/aromatic N) is 4. The number of allylic oxidation sites excluding steroid dienone is 6. The van der Waals surface area contributed by atoms with Crippen molar-refractivity contribution in [2.75, 3.05) is 16.5 Å². The van der Waals surface area contributed by atoms with Gasteiger partial charge in [0.1, 0.15) is 6.67 Å². The van der Waals surface area contributed by atoms with E-state index in [9.17, 15) is 8.78 Å². The lowest BCUT2D eigenvalue weighted by molar-refractivity contribution is 0.561. The summed E-state index contributed by atoms with van der Waals surface area (Å²) in [5.74, 6) is 0. The third-order valence-electron chi connectivity index (χ3n) is 12.3. The Morgan fingerprint density at radius 2 is 0.940 bits per heavy atom. The summed E-state index contributed by atoms with van der Waals surface area (Å²) in [4.78, 5) is 4.31. The molecule has 0 spiro atoms. The fourth-order valence-corrected chi connectivity index (χ4v) is 9.39. The SMILES string of the molecule is C=C/C(=C\C=C\F)N(c1ccc(-c2ccc(N(C(/C=C\CF)=C/CC)c3ccc4c(c3)c3ccccc3n4-c3ccccc3)cc2)cc1)c1ccc2c(c1)c1ccccc1n2-c1ccccc1. The third kappa shape index (κ3) is 8.04. The highest BCUT2D eigenvalue weighted by molar-refractivity contribution is 6.11. The van der Waals surface area contributed by atoms with Crippen molar-refractivity contribution in [1.29, 1.82) is 0 Å². The first-order valence-corrected chi connectivity index (χ1v) is 22.6. The van der Waals surface area contributed by atoms with E-state index in [4.69, 9.17) is 0 Å². The van der Waals surface area contributed by atoms with E-state index in [1.807, 2.05) is 18.2 Å². The molecule has 0 amide bonds. The standard InChI is InChI=1S/C61H48F2N4/c1-3-17-47(23-16-41-63)65(53-37-39-61-57(43-53)55-25-12-14-27-59(55)67(61)49-20-9-6-10-21-49)51-34-30-45(31-35-51)44-28-32-50(33-29-44)64(46(4-2)22-15-40-62)52-36-38-60-56(42-52)54-24-11-13-26-58(54)66(60)48-18-7-5-8-19-48/h4-40,42-43H,2-3,41H2,1H3/b23-16-,40-15+,46-22+,47-17+. The van der Waals surface area contributed by atoms with Gasteiger partial charge in [-0.1, -0.05) is 123 Å². The maximum absolute atomic E-state index is 13.8. The first kappa shape index (κ1) is 42.5. The number of rotatable bonds is 14. The minimum atomic E-state index is -0.561. The summed E-state index contributed by atoms with van der Waals surface area (Å²) in [6.07, 6.45) is 11.7. The molecule has 0 N–H and O–H groups in total. The van der Waals surface area contributed by atoms with Crippen molar-refractivity contribution >= 4 is 66.4 Å². The zero-order chi connectivity index (χ0) is 45.7. The Balaban J connectivity index is 1.02. The van der Waals surface area contributed by atoms with Gasteiger partial charge in [0.25, 0.3) is 0 Å². The monoisotopic (exact) mass is 874 g/mol. The second-order valence-electron chi connectivity index (χ2n) is 16.3. The quantitative estimate of drug-likeness (QED) is 0.101. The molecule has 8 aromatic carbocycles. The van der Waals surface area contributed by atoms with Crippen LogP contribution in [0.15, 0.2) is 255 Å². The molecule has 0 bridgehead atoms. The lowest BCUT2D eigenvalue weighted by Gasteiger charge is -2.27. The largest absolute Gasteiger partial charge is 0.311 e. The van der Waals surface area contributed by atoms with E-state index in [1.54, 1.807) is 18.2 Å². The highest BCUT2D eigenvalue weighted by atomic mass is 19.1. The van der Waals surface area contributed by atoms with Crippen molar-refractivity contribution < 1.29 is 8.78 Å². The average molecular weight is 875 g/mol. The topological polar surface area (TPSA) is 16.3 Å². The van der Waals surface area contributed by atoms with Crippen LogP contribution >= 0.6 is 0 Å². The number of para-hydroxylation sites is 4. The summed E-state index contributed by atoms with van der Waals surface area (Å²) in [6, 6.07) is 67.8. The first-order valence-electron chi connectivity index (χ1n) is 22.6. The minimum absolute atomic E-state index is 0.535. The molecule has 67 heavy (non-hydrogen) atoms. The number of anilines is 4. The van der Waals surface area contributed by atoms with Crippen LogP contribution in [0.3, 0.4) is 0 Å². The Kier molecular flexibility index (Phi) is 12.0. The minimum Gasteiger partial charge on any atom is -0.311 e. The van der Waals surface area contributed by atoms with Crippen LogP contribution in [0.2, 0.25) is 0 Å². The van der Waals surface area contributed by atoms with Gasteiger partial charge in [-0.15, -0.1) is 0 Å². The van der Waals surface area contributed by atoms with E-state index in [1.165, 1.54) is 6.08 Å². The summed E-state index contributed by atoms with van der Waals surface area (Å²) in [5.41, 5.74) is 14.1. The molecular formula is C61H48F2N4. The van der Waals surface area contributed by atoms with Crippen molar-refractivity contribution in [3.63, 3.8) is 0 Å². The van der Waals surface area contributed by atoms with Gasteiger partial charge in [-0.05, 0) is 139 Å². The Morgan fingerprint density at radius 1 is 0.507 bits per heavy atom. The molecule has 10 rings (SSSR count). The lowest BCUT2D eigenvalue weighted by atomic mass is 10.0. The van der Waals surface area contributed by atoms with Gasteiger partial charge >= 0.3 is 0 Å². The van der Waals surface area contributed by atoms with Crippen molar-refractivity contribution in [2.45, 2.75) is 13.3 Å². The Labute approximate surface area is 389 Å². The van der Waals surface area contributed by atoms with E-state index in [2.05, 4.69) is 221 Å². The van der Waals surface area contributed by atoms with Gasteiger partial charge < -0.3 is 18.9 Å². The van der Waals surface area contributed by atoms with Crippen LogP contribution in [0.1, 0.15) is 13.3 Å². The molecule has 6 heteroatoms. The maximum Gasteiger partial charge on any atom is 0.108 e. The maximum atomic E-state index is 13.8. The predicted octanol–water partition coefficient (Wildman–Crippen LogP) is 17.2. The molecule has 10 aromatic rings. The fourth-order valence-electron chi connectivity index (χ4n) is 9.39. The van der Waals surface area contributed by atoms with E-state index >= 15 is 0 Å². The molecule has 0 radical (unpaired) electrons. The third-order valence-corrected chi connectivity index (χ3v) is 12.3. The molecule has 2 heterocycles. The average Bonchev–Trinajstić information content (AvgIpc) is 3.90. The Morgan fingerprint density at radius 3 is 1.39 bits per heavy atom. The molecule has 4 nitrogen and oxygen atoms in total. The zero-order valence-electron chi connectivity index (χ0n) is 37.2. The van der Waals surface area contributed by atoms with E-state index in [0.29, 0.717) is 6.33 Å². The number of aromatic nitrogens is 2. The van der Waals surface area contributed by atoms with Gasteiger partial charge in [-0.2, -0.15) is 0 Å². The second kappa shape index (κ2) is 18.9. The summed E-state index contributed by atoms with van der Waals surface area (Å²) in [7, 11) is 0. The molecule has 0 saturated heterocycles. The normalized spacial score (nSPS) is 12.3. The molecular weight excluding hydrogens is 827 g/mol. The van der Waals surface area contributed by atoms with Crippen LogP contribution in [0, 0.1) is 0 Å². The van der Waals surface area contributed by atoms with Gasteiger partial charge in [0.15, 0.2) is 0 Å². The van der Waals surface area contributed by atoms with Gasteiger partial charge in [0.05, 0.1) is 28.4 Å². The number of hydrogen-bond donors (Lipinski definition) is 0. The summed E-state index contributed by atoms with van der Waals surface area (Å²) in [6.45, 7) is 5.67. The van der Waals surface area contributed by atoms with Crippen LogP contribution in [0.4, 0.5) is 31.5 Å². The second-order valence-corrected chi connectivity index (χ2v) is 16.3. The molecule has 0 saturated carbocycles. The summed E-state index contributed by atoms with van der Waals surface area (Å²) in [5, 5.41) is 4.53. The van der Waals surface area contributed by atoms with Crippen LogP contribution in [0.5, 0.6) is 0 Å². The number of benzene rings is 8. The van der Waals surface area contributed by atoms with Crippen LogP contribution in [-0.4, -0.2) is 15.8 Å².